The summed E-state index contributed by atoms with van der Waals surface area (Å²) in [6.45, 7) is 12.4. The summed E-state index contributed by atoms with van der Waals surface area (Å²) in [6.07, 6.45) is 3.05. The quantitative estimate of drug-likeness (QED) is 0.787. The van der Waals surface area contributed by atoms with E-state index < -0.39 is 0 Å². The predicted molar refractivity (Wildman–Crippen MR) is 77.5 cm³/mol. The molecule has 0 saturated heterocycles. The number of aromatic nitrogens is 1. The van der Waals surface area contributed by atoms with Crippen molar-refractivity contribution in [2.24, 2.45) is 16.7 Å². The Morgan fingerprint density at radius 2 is 1.89 bits per heavy atom. The smallest absolute Gasteiger partial charge is 0.165 e. The lowest BCUT2D eigenvalue weighted by Crippen LogP contribution is -2.28. The highest BCUT2D eigenvalue weighted by atomic mass is 16.1. The molecule has 0 aliphatic heterocycles. The molecule has 0 bridgehead atoms. The first-order chi connectivity index (χ1) is 8.70. The first kappa shape index (κ1) is 13.0. The molecule has 0 N–H and O–H groups in total. The molecule has 104 valence electrons. The van der Waals surface area contributed by atoms with Crippen LogP contribution >= 0.6 is 0 Å². The normalized spacial score (nSPS) is 27.2. The summed E-state index contributed by atoms with van der Waals surface area (Å²) in [4.78, 5) is 12.3. The topological polar surface area (TPSA) is 22.0 Å². The Bertz CT molecular complexity index is 548. The van der Waals surface area contributed by atoms with Gasteiger partial charge in [-0.2, -0.15) is 0 Å². The predicted octanol–water partition coefficient (Wildman–Crippen LogP) is 4.00. The van der Waals surface area contributed by atoms with Crippen LogP contribution in [0.15, 0.2) is 6.07 Å². The SMILES string of the molecule is Cc1cc2c(n1CC1CC1(C)C)CC(C)(C)CC2=O. The number of ketones is 1. The molecule has 19 heavy (non-hydrogen) atoms. The van der Waals surface area contributed by atoms with E-state index in [2.05, 4.69) is 45.3 Å². The zero-order chi connectivity index (χ0) is 14.0. The van der Waals surface area contributed by atoms with Crippen molar-refractivity contribution in [1.29, 1.82) is 0 Å². The maximum Gasteiger partial charge on any atom is 0.165 e. The molecule has 0 spiro atoms. The summed E-state index contributed by atoms with van der Waals surface area (Å²) in [5.74, 6) is 1.12. The van der Waals surface area contributed by atoms with Crippen molar-refractivity contribution in [3.63, 3.8) is 0 Å². The van der Waals surface area contributed by atoms with Crippen LogP contribution in [-0.4, -0.2) is 10.4 Å². The second-order valence-corrected chi connectivity index (χ2v) is 8.09. The van der Waals surface area contributed by atoms with Gasteiger partial charge in [-0.05, 0) is 42.6 Å². The third kappa shape index (κ3) is 2.15. The van der Waals surface area contributed by atoms with Crippen molar-refractivity contribution in [3.05, 3.63) is 23.0 Å². The average Bonchev–Trinajstić information content (AvgIpc) is 2.72. The number of hydrogen-bond donors (Lipinski definition) is 0. The van der Waals surface area contributed by atoms with Gasteiger partial charge in [-0.25, -0.2) is 0 Å². The maximum atomic E-state index is 12.3. The van der Waals surface area contributed by atoms with Gasteiger partial charge in [0.15, 0.2) is 5.78 Å². The minimum absolute atomic E-state index is 0.117. The second-order valence-electron chi connectivity index (χ2n) is 8.09. The molecule has 0 amide bonds. The third-order valence-corrected chi connectivity index (χ3v) is 5.12. The Morgan fingerprint density at radius 1 is 1.26 bits per heavy atom. The standard InChI is InChI=1S/C17H25NO/c1-11-6-13-14(8-16(2,3)9-15(13)19)18(11)10-12-7-17(12,4)5/h6,12H,7-10H2,1-5H3. The molecule has 2 aliphatic carbocycles. The van der Waals surface area contributed by atoms with Crippen molar-refractivity contribution in [1.82, 2.24) is 4.57 Å². The van der Waals surface area contributed by atoms with E-state index in [0.717, 1.165) is 24.4 Å². The van der Waals surface area contributed by atoms with Gasteiger partial charge in [-0.1, -0.05) is 27.7 Å². The van der Waals surface area contributed by atoms with Crippen LogP contribution in [0.5, 0.6) is 0 Å². The lowest BCUT2D eigenvalue weighted by Gasteiger charge is -2.30. The molecule has 2 nitrogen and oxygen atoms in total. The third-order valence-electron chi connectivity index (χ3n) is 5.12. The second kappa shape index (κ2) is 3.74. The molecule has 2 heteroatoms. The lowest BCUT2D eigenvalue weighted by atomic mass is 9.76. The van der Waals surface area contributed by atoms with E-state index >= 15 is 0 Å². The number of fused-ring (bicyclic) bond motifs is 1. The Hall–Kier alpha value is -1.05. The molecule has 1 aromatic heterocycles. The molecule has 1 atom stereocenters. The average molecular weight is 259 g/mol. The first-order valence-electron chi connectivity index (χ1n) is 7.42. The van der Waals surface area contributed by atoms with Gasteiger partial charge in [0.2, 0.25) is 0 Å². The molecular formula is C17H25NO. The number of aryl methyl sites for hydroxylation is 1. The van der Waals surface area contributed by atoms with Gasteiger partial charge in [0.05, 0.1) is 0 Å². The van der Waals surface area contributed by atoms with Crippen LogP contribution in [-0.2, 0) is 13.0 Å². The molecular weight excluding hydrogens is 234 g/mol. The van der Waals surface area contributed by atoms with Gasteiger partial charge in [-0.3, -0.25) is 4.79 Å². The van der Waals surface area contributed by atoms with Gasteiger partial charge < -0.3 is 4.57 Å². The highest BCUT2D eigenvalue weighted by Gasteiger charge is 2.46. The van der Waals surface area contributed by atoms with E-state index in [-0.39, 0.29) is 5.41 Å². The molecule has 1 fully saturated rings. The monoisotopic (exact) mass is 259 g/mol. The zero-order valence-electron chi connectivity index (χ0n) is 12.8. The van der Waals surface area contributed by atoms with Crippen LogP contribution in [0.1, 0.15) is 62.3 Å². The molecule has 0 radical (unpaired) electrons. The molecule has 1 heterocycles. The van der Waals surface area contributed by atoms with Crippen molar-refractivity contribution in [2.75, 3.05) is 0 Å². The van der Waals surface area contributed by atoms with Crippen LogP contribution in [0.25, 0.3) is 0 Å². The number of Topliss-reactive ketones (excluding diaryl/α,β-unsaturated/α-hetero) is 1. The van der Waals surface area contributed by atoms with Crippen LogP contribution in [0.4, 0.5) is 0 Å². The van der Waals surface area contributed by atoms with E-state index in [9.17, 15) is 4.79 Å². The number of rotatable bonds is 2. The van der Waals surface area contributed by atoms with Crippen LogP contribution < -0.4 is 0 Å². The number of carbonyl (C=O) groups is 1. The van der Waals surface area contributed by atoms with E-state index in [4.69, 9.17) is 0 Å². The van der Waals surface area contributed by atoms with E-state index in [1.165, 1.54) is 17.8 Å². The highest BCUT2D eigenvalue weighted by Crippen LogP contribution is 2.53. The Morgan fingerprint density at radius 3 is 2.47 bits per heavy atom. The van der Waals surface area contributed by atoms with Crippen LogP contribution in [0.2, 0.25) is 0 Å². The van der Waals surface area contributed by atoms with Gasteiger partial charge in [-0.15, -0.1) is 0 Å². The zero-order valence-corrected chi connectivity index (χ0v) is 12.8. The molecule has 2 aliphatic rings. The molecule has 1 aromatic rings. The Labute approximate surface area is 116 Å². The van der Waals surface area contributed by atoms with Crippen molar-refractivity contribution < 1.29 is 4.79 Å². The van der Waals surface area contributed by atoms with Gasteiger partial charge in [0.1, 0.15) is 0 Å². The summed E-state index contributed by atoms with van der Waals surface area (Å²) < 4.78 is 2.42. The van der Waals surface area contributed by atoms with Gasteiger partial charge in [0, 0.05) is 29.9 Å². The van der Waals surface area contributed by atoms with Gasteiger partial charge in [0.25, 0.3) is 0 Å². The largest absolute Gasteiger partial charge is 0.348 e. The Kier molecular flexibility index (Phi) is 2.55. The summed E-state index contributed by atoms with van der Waals surface area (Å²) in [5.41, 5.74) is 4.17. The highest BCUT2D eigenvalue weighted by molar-refractivity contribution is 5.99. The summed E-state index contributed by atoms with van der Waals surface area (Å²) >= 11 is 0. The number of nitrogens with zero attached hydrogens (tertiary/aromatic N) is 1. The number of carbonyl (C=O) groups excluding carboxylic acids is 1. The number of hydrogen-bond acceptors (Lipinski definition) is 1. The van der Waals surface area contributed by atoms with Crippen LogP contribution in [0, 0.1) is 23.7 Å². The molecule has 1 saturated carbocycles. The van der Waals surface area contributed by atoms with Crippen molar-refractivity contribution in [2.45, 2.75) is 60.4 Å². The molecule has 0 aromatic carbocycles. The summed E-state index contributed by atoms with van der Waals surface area (Å²) in [7, 11) is 0. The lowest BCUT2D eigenvalue weighted by molar-refractivity contribution is 0.0910. The van der Waals surface area contributed by atoms with Gasteiger partial charge >= 0.3 is 0 Å². The summed E-state index contributed by atoms with van der Waals surface area (Å²) in [6, 6.07) is 2.11. The molecule has 3 rings (SSSR count). The fraction of sp³-hybridized carbons (Fsp3) is 0.706. The van der Waals surface area contributed by atoms with Crippen LogP contribution in [0.3, 0.4) is 0 Å². The van der Waals surface area contributed by atoms with Crippen molar-refractivity contribution >= 4 is 5.78 Å². The van der Waals surface area contributed by atoms with Crippen molar-refractivity contribution in [3.8, 4) is 0 Å². The minimum atomic E-state index is 0.117. The van der Waals surface area contributed by atoms with E-state index in [1.807, 2.05) is 0 Å². The fourth-order valence-electron chi connectivity index (χ4n) is 3.57. The van der Waals surface area contributed by atoms with E-state index in [0.29, 0.717) is 17.6 Å². The Balaban J connectivity index is 1.96. The first-order valence-corrected chi connectivity index (χ1v) is 7.42. The maximum absolute atomic E-state index is 12.3. The fourth-order valence-corrected chi connectivity index (χ4v) is 3.57. The summed E-state index contributed by atoms with van der Waals surface area (Å²) in [5, 5.41) is 0. The van der Waals surface area contributed by atoms with E-state index in [1.54, 1.807) is 0 Å². The molecule has 1 unspecified atom stereocenters. The minimum Gasteiger partial charge on any atom is -0.348 e.